The fraction of sp³-hybridized carbons (Fsp3) is 0.176. The molecule has 106 valence electrons. The molecule has 0 saturated carbocycles. The van der Waals surface area contributed by atoms with Crippen molar-refractivity contribution in [3.63, 3.8) is 0 Å². The van der Waals surface area contributed by atoms with Gasteiger partial charge in [0.25, 0.3) is 0 Å². The molecule has 4 nitrogen and oxygen atoms in total. The molecule has 0 saturated heterocycles. The fourth-order valence-electron chi connectivity index (χ4n) is 2.45. The van der Waals surface area contributed by atoms with Gasteiger partial charge in [-0.25, -0.2) is 9.78 Å². The Morgan fingerprint density at radius 3 is 2.81 bits per heavy atom. The van der Waals surface area contributed by atoms with Gasteiger partial charge in [-0.1, -0.05) is 35.9 Å². The van der Waals surface area contributed by atoms with Crippen LogP contribution in [0.2, 0.25) is 0 Å². The summed E-state index contributed by atoms with van der Waals surface area (Å²) in [4.78, 5) is 16.3. The molecule has 0 unspecified atom stereocenters. The zero-order valence-electron chi connectivity index (χ0n) is 12.0. The Hall–Kier alpha value is -2.62. The van der Waals surface area contributed by atoms with Crippen LogP contribution in [-0.4, -0.2) is 22.5 Å². The number of hydrogen-bond acceptors (Lipinski definition) is 3. The Labute approximate surface area is 123 Å². The summed E-state index contributed by atoms with van der Waals surface area (Å²) in [5.41, 5.74) is 4.60. The molecule has 0 fully saturated rings. The third-order valence-electron chi connectivity index (χ3n) is 3.40. The first-order chi connectivity index (χ1) is 10.2. The van der Waals surface area contributed by atoms with Crippen molar-refractivity contribution in [2.24, 2.45) is 0 Å². The summed E-state index contributed by atoms with van der Waals surface area (Å²) < 4.78 is 6.57. The van der Waals surface area contributed by atoms with Crippen LogP contribution in [0.5, 0.6) is 0 Å². The maximum absolute atomic E-state index is 11.8. The van der Waals surface area contributed by atoms with Crippen LogP contribution in [0, 0.1) is 6.92 Å². The fourth-order valence-corrected chi connectivity index (χ4v) is 2.45. The zero-order valence-corrected chi connectivity index (χ0v) is 12.0. The second-order valence-electron chi connectivity index (χ2n) is 5.03. The number of carbonyl (C=O) groups excluding carboxylic acids is 1. The van der Waals surface area contributed by atoms with Crippen molar-refractivity contribution in [3.8, 4) is 0 Å². The Kier molecular flexibility index (Phi) is 3.44. The smallest absolute Gasteiger partial charge is 0.355 e. The van der Waals surface area contributed by atoms with Crippen LogP contribution in [0.1, 0.15) is 27.3 Å². The van der Waals surface area contributed by atoms with Crippen molar-refractivity contribution in [2.45, 2.75) is 13.3 Å². The van der Waals surface area contributed by atoms with Gasteiger partial charge in [0.2, 0.25) is 0 Å². The molecule has 0 N–H and O–H groups in total. The first-order valence-electron chi connectivity index (χ1n) is 6.78. The topological polar surface area (TPSA) is 43.6 Å². The number of rotatable bonds is 3. The molecule has 21 heavy (non-hydrogen) atoms. The molecule has 2 heterocycles. The number of imidazole rings is 1. The molecule has 1 aromatic carbocycles. The predicted octanol–water partition coefficient (Wildman–Crippen LogP) is 3.02. The van der Waals surface area contributed by atoms with E-state index < -0.39 is 0 Å². The third-order valence-corrected chi connectivity index (χ3v) is 3.40. The van der Waals surface area contributed by atoms with Crippen molar-refractivity contribution >= 4 is 11.6 Å². The lowest BCUT2D eigenvalue weighted by Crippen LogP contribution is -2.06. The van der Waals surface area contributed by atoms with Crippen molar-refractivity contribution in [1.82, 2.24) is 9.38 Å². The van der Waals surface area contributed by atoms with E-state index in [1.54, 1.807) is 10.5 Å². The van der Waals surface area contributed by atoms with Gasteiger partial charge in [0.15, 0.2) is 0 Å². The van der Waals surface area contributed by atoms with Crippen LogP contribution in [0.15, 0.2) is 48.7 Å². The van der Waals surface area contributed by atoms with E-state index in [0.29, 0.717) is 5.69 Å². The van der Waals surface area contributed by atoms with Gasteiger partial charge in [0.1, 0.15) is 11.3 Å². The number of methoxy groups -OCH3 is 1. The lowest BCUT2D eigenvalue weighted by molar-refractivity contribution is 0.0592. The second-order valence-corrected chi connectivity index (χ2v) is 5.03. The van der Waals surface area contributed by atoms with Crippen molar-refractivity contribution in [2.75, 3.05) is 7.11 Å². The number of pyridine rings is 1. The number of esters is 1. The molecule has 0 aliphatic rings. The molecule has 2 aromatic heterocycles. The van der Waals surface area contributed by atoms with Crippen LogP contribution in [0.4, 0.5) is 0 Å². The molecule has 0 radical (unpaired) electrons. The largest absolute Gasteiger partial charge is 0.464 e. The summed E-state index contributed by atoms with van der Waals surface area (Å²) in [7, 11) is 1.38. The Morgan fingerprint density at radius 1 is 1.24 bits per heavy atom. The SMILES string of the molecule is COC(=O)c1cccc2nc(Cc3cccc(C)c3)cn12. The minimum absolute atomic E-state index is 0.361. The molecule has 0 spiro atoms. The van der Waals surface area contributed by atoms with Crippen LogP contribution in [-0.2, 0) is 11.2 Å². The molecular formula is C17H16N2O2. The maximum Gasteiger partial charge on any atom is 0.355 e. The monoisotopic (exact) mass is 280 g/mol. The number of aromatic nitrogens is 2. The number of carbonyl (C=O) groups is 1. The standard InChI is InChI=1S/C17H16N2O2/c1-12-5-3-6-13(9-12)10-14-11-19-15(17(20)21-2)7-4-8-16(19)18-14/h3-9,11H,10H2,1-2H3. The minimum Gasteiger partial charge on any atom is -0.464 e. The number of fused-ring (bicyclic) bond motifs is 1. The average molecular weight is 280 g/mol. The van der Waals surface area contributed by atoms with Gasteiger partial charge < -0.3 is 4.74 Å². The lowest BCUT2D eigenvalue weighted by Gasteiger charge is -2.01. The number of benzene rings is 1. The molecule has 0 aliphatic carbocycles. The van der Waals surface area contributed by atoms with Crippen LogP contribution in [0.25, 0.3) is 5.65 Å². The molecule has 3 rings (SSSR count). The van der Waals surface area contributed by atoms with E-state index in [4.69, 9.17) is 4.74 Å². The first-order valence-corrected chi connectivity index (χ1v) is 6.78. The lowest BCUT2D eigenvalue weighted by atomic mass is 10.1. The van der Waals surface area contributed by atoms with E-state index in [9.17, 15) is 4.79 Å². The van der Waals surface area contributed by atoms with Crippen LogP contribution >= 0.6 is 0 Å². The van der Waals surface area contributed by atoms with E-state index in [-0.39, 0.29) is 5.97 Å². The number of aryl methyl sites for hydroxylation is 1. The second kappa shape index (κ2) is 5.40. The summed E-state index contributed by atoms with van der Waals surface area (Å²) >= 11 is 0. The summed E-state index contributed by atoms with van der Waals surface area (Å²) in [6.45, 7) is 2.07. The molecule has 0 bridgehead atoms. The third kappa shape index (κ3) is 2.65. The molecule has 0 amide bonds. The highest BCUT2D eigenvalue weighted by molar-refractivity contribution is 5.88. The minimum atomic E-state index is -0.361. The molecule has 0 atom stereocenters. The van der Waals surface area contributed by atoms with Crippen molar-refractivity contribution in [3.05, 3.63) is 71.2 Å². The van der Waals surface area contributed by atoms with E-state index in [1.165, 1.54) is 18.2 Å². The number of nitrogens with zero attached hydrogens (tertiary/aromatic N) is 2. The zero-order chi connectivity index (χ0) is 14.8. The Balaban J connectivity index is 1.99. The summed E-state index contributed by atoms with van der Waals surface area (Å²) in [6.07, 6.45) is 2.63. The highest BCUT2D eigenvalue weighted by Crippen LogP contribution is 2.14. The van der Waals surface area contributed by atoms with Crippen LogP contribution in [0.3, 0.4) is 0 Å². The number of ether oxygens (including phenoxy) is 1. The van der Waals surface area contributed by atoms with Crippen molar-refractivity contribution < 1.29 is 9.53 Å². The van der Waals surface area contributed by atoms with E-state index in [2.05, 4.69) is 30.1 Å². The Morgan fingerprint density at radius 2 is 2.05 bits per heavy atom. The summed E-state index contributed by atoms with van der Waals surface area (Å²) in [6, 6.07) is 13.8. The van der Waals surface area contributed by atoms with Gasteiger partial charge in [0, 0.05) is 12.6 Å². The average Bonchev–Trinajstić information content (AvgIpc) is 2.88. The molecule has 4 heteroatoms. The summed E-state index contributed by atoms with van der Waals surface area (Å²) in [5.74, 6) is -0.361. The highest BCUT2D eigenvalue weighted by atomic mass is 16.5. The Bertz CT molecular complexity index is 805. The molecule has 0 aliphatic heterocycles. The van der Waals surface area contributed by atoms with Gasteiger partial charge in [-0.15, -0.1) is 0 Å². The van der Waals surface area contributed by atoms with Gasteiger partial charge in [-0.3, -0.25) is 4.40 Å². The first kappa shape index (κ1) is 13.4. The molecule has 3 aromatic rings. The molecular weight excluding hydrogens is 264 g/mol. The quantitative estimate of drug-likeness (QED) is 0.693. The van der Waals surface area contributed by atoms with E-state index >= 15 is 0 Å². The van der Waals surface area contributed by atoms with Crippen LogP contribution < -0.4 is 0 Å². The van der Waals surface area contributed by atoms with Gasteiger partial charge in [-0.05, 0) is 24.6 Å². The van der Waals surface area contributed by atoms with E-state index in [0.717, 1.165) is 17.8 Å². The van der Waals surface area contributed by atoms with Gasteiger partial charge in [0.05, 0.1) is 12.8 Å². The normalized spacial score (nSPS) is 10.8. The maximum atomic E-state index is 11.8. The van der Waals surface area contributed by atoms with E-state index in [1.807, 2.05) is 24.4 Å². The van der Waals surface area contributed by atoms with Gasteiger partial charge >= 0.3 is 5.97 Å². The summed E-state index contributed by atoms with van der Waals surface area (Å²) in [5, 5.41) is 0. The number of hydrogen-bond donors (Lipinski definition) is 0. The highest BCUT2D eigenvalue weighted by Gasteiger charge is 2.12. The predicted molar refractivity (Wildman–Crippen MR) is 80.5 cm³/mol. The van der Waals surface area contributed by atoms with Gasteiger partial charge in [-0.2, -0.15) is 0 Å². The van der Waals surface area contributed by atoms with Crippen molar-refractivity contribution in [1.29, 1.82) is 0 Å².